The van der Waals surface area contributed by atoms with Crippen molar-refractivity contribution in [3.63, 3.8) is 0 Å². The van der Waals surface area contributed by atoms with Crippen LogP contribution in [0.4, 0.5) is 11.4 Å². The molecule has 2 aromatic carbocycles. The van der Waals surface area contributed by atoms with Gasteiger partial charge in [-0.15, -0.1) is 5.10 Å². The van der Waals surface area contributed by atoms with Crippen molar-refractivity contribution in [3.05, 3.63) is 63.7 Å². The lowest BCUT2D eigenvalue weighted by Crippen LogP contribution is -2.33. The minimum atomic E-state index is -0.626. The number of para-hydroxylation sites is 1. The van der Waals surface area contributed by atoms with Crippen molar-refractivity contribution in [3.8, 4) is 5.75 Å². The molecule has 1 saturated heterocycles. The van der Waals surface area contributed by atoms with Gasteiger partial charge in [-0.2, -0.15) is 0 Å². The fraction of sp³-hybridized carbons (Fsp3) is 0.167. The van der Waals surface area contributed by atoms with Crippen LogP contribution in [0.15, 0.2) is 47.6 Å². The van der Waals surface area contributed by atoms with Crippen LogP contribution in [-0.4, -0.2) is 32.3 Å². The summed E-state index contributed by atoms with van der Waals surface area (Å²) in [5.74, 6) is -1.07. The van der Waals surface area contributed by atoms with Crippen molar-refractivity contribution in [2.45, 2.75) is 19.1 Å². The van der Waals surface area contributed by atoms with E-state index < -0.39 is 16.1 Å². The maximum absolute atomic E-state index is 12.6. The zero-order chi connectivity index (χ0) is 20.4. The third kappa shape index (κ3) is 3.67. The third-order valence-electron chi connectivity index (χ3n) is 4.08. The van der Waals surface area contributed by atoms with Gasteiger partial charge in [-0.05, 0) is 37.6 Å². The lowest BCUT2D eigenvalue weighted by atomic mass is 10.1. The number of phenols is 1. The van der Waals surface area contributed by atoms with E-state index in [1.54, 1.807) is 26.0 Å². The number of nitro groups is 1. The van der Waals surface area contributed by atoms with Gasteiger partial charge < -0.3 is 5.11 Å². The number of rotatable bonds is 4. The molecule has 1 aliphatic rings. The van der Waals surface area contributed by atoms with Gasteiger partial charge in [0.15, 0.2) is 5.17 Å². The number of amidine groups is 1. The molecule has 0 aliphatic carbocycles. The van der Waals surface area contributed by atoms with Gasteiger partial charge in [-0.25, -0.2) is 5.43 Å². The maximum Gasteiger partial charge on any atom is 0.275 e. The molecule has 1 heterocycles. The van der Waals surface area contributed by atoms with Gasteiger partial charge in [0.05, 0.1) is 21.4 Å². The van der Waals surface area contributed by atoms with Gasteiger partial charge >= 0.3 is 0 Å². The number of non-ortho nitro benzene ring substituents is 1. The molecule has 10 heteroatoms. The van der Waals surface area contributed by atoms with E-state index in [9.17, 15) is 24.8 Å². The second kappa shape index (κ2) is 7.69. The minimum absolute atomic E-state index is 0.0484. The monoisotopic (exact) mass is 400 g/mol. The first kappa shape index (κ1) is 19.4. The van der Waals surface area contributed by atoms with E-state index in [0.717, 1.165) is 11.8 Å². The highest BCUT2D eigenvalue weighted by Gasteiger charge is 2.37. The molecule has 9 nitrogen and oxygen atoms in total. The Morgan fingerprint density at radius 3 is 2.68 bits per heavy atom. The number of phenolic OH excluding ortho intramolecular Hbond substituents is 1. The molecule has 0 radical (unpaired) electrons. The number of hydrogen-bond donors (Lipinski definition) is 2. The Labute approximate surface area is 164 Å². The predicted molar refractivity (Wildman–Crippen MR) is 105 cm³/mol. The number of amides is 2. The molecule has 0 bridgehead atoms. The van der Waals surface area contributed by atoms with Crippen LogP contribution in [0.5, 0.6) is 5.75 Å². The molecule has 1 fully saturated rings. The number of carbonyl (C=O) groups excluding carboxylic acids is 2. The summed E-state index contributed by atoms with van der Waals surface area (Å²) in [6.07, 6.45) is 0. The Morgan fingerprint density at radius 1 is 1.32 bits per heavy atom. The van der Waals surface area contributed by atoms with Crippen LogP contribution in [0.25, 0.3) is 0 Å². The van der Waals surface area contributed by atoms with Crippen LogP contribution in [0.1, 0.15) is 22.8 Å². The number of hydrazone groups is 1. The van der Waals surface area contributed by atoms with Crippen LogP contribution in [-0.2, 0) is 4.79 Å². The molecule has 3 rings (SSSR count). The van der Waals surface area contributed by atoms with Crippen LogP contribution in [0, 0.1) is 17.0 Å². The van der Waals surface area contributed by atoms with Crippen molar-refractivity contribution in [1.29, 1.82) is 0 Å². The van der Waals surface area contributed by atoms with E-state index in [0.29, 0.717) is 11.3 Å². The third-order valence-corrected chi connectivity index (χ3v) is 5.12. The molecule has 0 unspecified atom stereocenters. The number of nitrogens with zero attached hydrogens (tertiary/aromatic N) is 3. The summed E-state index contributed by atoms with van der Waals surface area (Å²) in [6.45, 7) is 3.36. The van der Waals surface area contributed by atoms with E-state index in [-0.39, 0.29) is 28.1 Å². The zero-order valence-electron chi connectivity index (χ0n) is 14.9. The van der Waals surface area contributed by atoms with Gasteiger partial charge in [-0.3, -0.25) is 24.6 Å². The Morgan fingerprint density at radius 2 is 2.04 bits per heavy atom. The number of thioether (sulfide) groups is 1. The van der Waals surface area contributed by atoms with Crippen molar-refractivity contribution in [2.75, 3.05) is 4.90 Å². The molecule has 0 aromatic heterocycles. The normalized spacial score (nSPS) is 17.8. The number of benzene rings is 2. The molecule has 1 atom stereocenters. The highest BCUT2D eigenvalue weighted by molar-refractivity contribution is 8.16. The van der Waals surface area contributed by atoms with E-state index in [1.165, 1.54) is 35.2 Å². The largest absolute Gasteiger partial charge is 0.507 e. The average Bonchev–Trinajstić information content (AvgIpc) is 2.94. The first-order chi connectivity index (χ1) is 13.3. The summed E-state index contributed by atoms with van der Waals surface area (Å²) in [7, 11) is 0. The van der Waals surface area contributed by atoms with E-state index in [1.807, 2.05) is 0 Å². The SMILES string of the molecule is Cc1cc([N+](=O)[O-])ccc1N1C(=O)[C@@H](C)SC1=NNC(=O)c1ccccc1O. The molecule has 0 spiro atoms. The second-order valence-corrected chi connectivity index (χ2v) is 7.32. The molecule has 28 heavy (non-hydrogen) atoms. The fourth-order valence-corrected chi connectivity index (χ4v) is 3.58. The number of nitro benzene ring substituents is 1. The number of anilines is 1. The first-order valence-corrected chi connectivity index (χ1v) is 9.09. The fourth-order valence-electron chi connectivity index (χ4n) is 2.66. The summed E-state index contributed by atoms with van der Waals surface area (Å²) in [5.41, 5.74) is 3.27. The Hall–Kier alpha value is -3.40. The zero-order valence-corrected chi connectivity index (χ0v) is 15.8. The lowest BCUT2D eigenvalue weighted by molar-refractivity contribution is -0.384. The number of aryl methyl sites for hydroxylation is 1. The number of carbonyl (C=O) groups is 2. The van der Waals surface area contributed by atoms with E-state index in [4.69, 9.17) is 0 Å². The van der Waals surface area contributed by atoms with Crippen LogP contribution in [0.3, 0.4) is 0 Å². The number of hydrogen-bond acceptors (Lipinski definition) is 7. The van der Waals surface area contributed by atoms with E-state index in [2.05, 4.69) is 10.5 Å². The van der Waals surface area contributed by atoms with Crippen LogP contribution in [0.2, 0.25) is 0 Å². The quantitative estimate of drug-likeness (QED) is 0.600. The van der Waals surface area contributed by atoms with Gasteiger partial charge in [0.2, 0.25) is 5.91 Å². The predicted octanol–water partition coefficient (Wildman–Crippen LogP) is 2.78. The summed E-state index contributed by atoms with van der Waals surface area (Å²) < 4.78 is 0. The molecule has 2 aromatic rings. The topological polar surface area (TPSA) is 125 Å². The standard InChI is InChI=1S/C18H16N4O5S/c1-10-9-12(22(26)27)7-8-14(10)21-17(25)11(2)28-18(21)20-19-16(24)13-5-3-4-6-15(13)23/h3-9,11,23H,1-2H3,(H,19,24)/t11-/m1/s1. The highest BCUT2D eigenvalue weighted by atomic mass is 32.2. The molecule has 144 valence electrons. The Balaban J connectivity index is 1.91. The molecular weight excluding hydrogens is 384 g/mol. The summed E-state index contributed by atoms with van der Waals surface area (Å²) in [4.78, 5) is 36.6. The van der Waals surface area contributed by atoms with Gasteiger partial charge in [-0.1, -0.05) is 23.9 Å². The van der Waals surface area contributed by atoms with Crippen molar-refractivity contribution >= 4 is 40.1 Å². The Bertz CT molecular complexity index is 1010. The molecule has 2 N–H and O–H groups in total. The van der Waals surface area contributed by atoms with Crippen LogP contribution >= 0.6 is 11.8 Å². The van der Waals surface area contributed by atoms with Crippen molar-refractivity contribution < 1.29 is 19.6 Å². The lowest BCUT2D eigenvalue weighted by Gasteiger charge is -2.18. The highest BCUT2D eigenvalue weighted by Crippen LogP contribution is 2.34. The summed E-state index contributed by atoms with van der Waals surface area (Å²) >= 11 is 1.15. The molecule has 0 saturated carbocycles. The number of nitrogens with one attached hydrogen (secondary N) is 1. The van der Waals surface area contributed by atoms with E-state index >= 15 is 0 Å². The smallest absolute Gasteiger partial charge is 0.275 e. The van der Waals surface area contributed by atoms with Crippen molar-refractivity contribution in [2.24, 2.45) is 5.10 Å². The number of aromatic hydroxyl groups is 1. The van der Waals surface area contributed by atoms with Gasteiger partial charge in [0, 0.05) is 12.1 Å². The summed E-state index contributed by atoms with van der Waals surface area (Å²) in [6, 6.07) is 10.2. The second-order valence-electron chi connectivity index (χ2n) is 6.01. The summed E-state index contributed by atoms with van der Waals surface area (Å²) in [5, 5.41) is 24.5. The molecule has 1 aliphatic heterocycles. The van der Waals surface area contributed by atoms with Gasteiger partial charge in [0.1, 0.15) is 5.75 Å². The van der Waals surface area contributed by atoms with Crippen molar-refractivity contribution in [1.82, 2.24) is 5.43 Å². The minimum Gasteiger partial charge on any atom is -0.507 e. The molecular formula is C18H16N4O5S. The molecule has 2 amide bonds. The average molecular weight is 400 g/mol. The van der Waals surface area contributed by atoms with Crippen LogP contribution < -0.4 is 10.3 Å². The first-order valence-electron chi connectivity index (χ1n) is 8.21. The van der Waals surface area contributed by atoms with Gasteiger partial charge in [0.25, 0.3) is 11.6 Å². The Kier molecular flexibility index (Phi) is 5.32. The maximum atomic E-state index is 12.6.